The number of ether oxygens (including phenoxy) is 2. The van der Waals surface area contributed by atoms with Crippen molar-refractivity contribution in [3.8, 4) is 0 Å². The number of nitrogens with one attached hydrogen (secondary N) is 1. The summed E-state index contributed by atoms with van der Waals surface area (Å²) in [5.74, 6) is 1.66. The minimum absolute atomic E-state index is 0. The second-order valence-corrected chi connectivity index (χ2v) is 10.2. The van der Waals surface area contributed by atoms with Gasteiger partial charge in [-0.2, -0.15) is 0 Å². The molecule has 4 rings (SSSR count). The number of nitrogens with zero attached hydrogens (tertiary/aromatic N) is 3. The van der Waals surface area contributed by atoms with E-state index in [2.05, 4.69) is 46.6 Å². The lowest BCUT2D eigenvalue weighted by Crippen LogP contribution is -2.47. The molecule has 0 aliphatic carbocycles. The molecule has 0 amide bonds. The minimum atomic E-state index is 0. The highest BCUT2D eigenvalue weighted by Gasteiger charge is 2.31. The highest BCUT2D eigenvalue weighted by atomic mass is 127. The number of aliphatic imine (C=N–C) groups is 1. The molecule has 6 nitrogen and oxygen atoms in total. The van der Waals surface area contributed by atoms with Gasteiger partial charge in [0.05, 0.1) is 18.8 Å². The number of halogens is 1. The van der Waals surface area contributed by atoms with Crippen LogP contribution in [0.4, 0.5) is 0 Å². The van der Waals surface area contributed by atoms with Crippen molar-refractivity contribution in [1.29, 1.82) is 0 Å². The molecule has 3 aliphatic heterocycles. The first kappa shape index (κ1) is 26.2. The molecule has 1 N–H and O–H groups in total. The fourth-order valence-corrected chi connectivity index (χ4v) is 6.23. The van der Waals surface area contributed by atoms with Gasteiger partial charge in [0.2, 0.25) is 0 Å². The van der Waals surface area contributed by atoms with E-state index in [-0.39, 0.29) is 24.0 Å². The van der Waals surface area contributed by atoms with E-state index in [4.69, 9.17) is 14.5 Å². The fraction of sp³-hybridized carbons (Fsp3) is 0.792. The van der Waals surface area contributed by atoms with Gasteiger partial charge in [-0.1, -0.05) is 6.07 Å². The first-order valence-electron chi connectivity index (χ1n) is 12.2. The topological polar surface area (TPSA) is 49.3 Å². The molecular formula is C24H41IN4O2S. The van der Waals surface area contributed by atoms with Crippen molar-refractivity contribution in [3.63, 3.8) is 0 Å². The molecule has 182 valence electrons. The summed E-state index contributed by atoms with van der Waals surface area (Å²) < 4.78 is 11.9. The van der Waals surface area contributed by atoms with Gasteiger partial charge < -0.3 is 19.7 Å². The normalized spacial score (nSPS) is 28.0. The van der Waals surface area contributed by atoms with Crippen LogP contribution in [-0.2, 0) is 9.47 Å². The van der Waals surface area contributed by atoms with E-state index >= 15 is 0 Å². The summed E-state index contributed by atoms with van der Waals surface area (Å²) in [5, 5.41) is 5.75. The van der Waals surface area contributed by atoms with Crippen molar-refractivity contribution in [2.24, 2.45) is 10.9 Å². The summed E-state index contributed by atoms with van der Waals surface area (Å²) in [6.07, 6.45) is 7.68. The number of rotatable bonds is 7. The van der Waals surface area contributed by atoms with Crippen LogP contribution in [0, 0.1) is 5.92 Å². The summed E-state index contributed by atoms with van der Waals surface area (Å²) in [4.78, 5) is 11.6. The monoisotopic (exact) mass is 576 g/mol. The molecule has 1 aromatic heterocycles. The van der Waals surface area contributed by atoms with Crippen LogP contribution in [0.25, 0.3) is 0 Å². The van der Waals surface area contributed by atoms with Crippen LogP contribution < -0.4 is 5.32 Å². The first-order valence-corrected chi connectivity index (χ1v) is 13.1. The van der Waals surface area contributed by atoms with Crippen molar-refractivity contribution in [2.45, 2.75) is 63.7 Å². The molecule has 0 saturated carbocycles. The molecule has 0 radical (unpaired) electrons. The summed E-state index contributed by atoms with van der Waals surface area (Å²) in [7, 11) is 2.27. The Morgan fingerprint density at radius 1 is 1.22 bits per heavy atom. The van der Waals surface area contributed by atoms with Crippen molar-refractivity contribution < 1.29 is 9.47 Å². The van der Waals surface area contributed by atoms with Crippen LogP contribution in [0.2, 0.25) is 0 Å². The number of hydrogen-bond acceptors (Lipinski definition) is 5. The van der Waals surface area contributed by atoms with Crippen LogP contribution in [0.1, 0.15) is 56.4 Å². The van der Waals surface area contributed by atoms with E-state index in [1.807, 2.05) is 11.3 Å². The molecule has 3 atom stereocenters. The van der Waals surface area contributed by atoms with E-state index in [0.29, 0.717) is 24.2 Å². The van der Waals surface area contributed by atoms with Gasteiger partial charge in [0.25, 0.3) is 0 Å². The largest absolute Gasteiger partial charge is 0.376 e. The smallest absolute Gasteiger partial charge is 0.193 e. The third-order valence-electron chi connectivity index (χ3n) is 6.94. The lowest BCUT2D eigenvalue weighted by Gasteiger charge is -2.39. The van der Waals surface area contributed by atoms with Gasteiger partial charge in [0.1, 0.15) is 0 Å². The van der Waals surface area contributed by atoms with Gasteiger partial charge in [-0.25, -0.2) is 0 Å². The average molecular weight is 577 g/mol. The molecule has 0 bridgehead atoms. The molecular weight excluding hydrogens is 535 g/mol. The number of guanidine groups is 1. The van der Waals surface area contributed by atoms with E-state index in [1.54, 1.807) is 0 Å². The van der Waals surface area contributed by atoms with Gasteiger partial charge in [0.15, 0.2) is 5.96 Å². The van der Waals surface area contributed by atoms with Gasteiger partial charge >= 0.3 is 0 Å². The Morgan fingerprint density at radius 2 is 2.06 bits per heavy atom. The van der Waals surface area contributed by atoms with Crippen molar-refractivity contribution in [3.05, 3.63) is 22.4 Å². The molecule has 8 heteroatoms. The SMILES string of the molecule is CCNC(=NCC1CCCN(C)C1c1cccs1)N1CCC(OCC2CCCO2)CC1.I. The molecule has 0 aromatic carbocycles. The number of thiophene rings is 1. The van der Waals surface area contributed by atoms with Crippen LogP contribution >= 0.6 is 35.3 Å². The molecule has 32 heavy (non-hydrogen) atoms. The average Bonchev–Trinajstić information content (AvgIpc) is 3.50. The van der Waals surface area contributed by atoms with Crippen molar-refractivity contribution >= 4 is 41.3 Å². The lowest BCUT2D eigenvalue weighted by atomic mass is 9.88. The van der Waals surface area contributed by atoms with Gasteiger partial charge in [-0.05, 0) is 76.4 Å². The first-order chi connectivity index (χ1) is 15.2. The maximum Gasteiger partial charge on any atom is 0.193 e. The Balaban J connectivity index is 0.00000289. The molecule has 0 spiro atoms. The van der Waals surface area contributed by atoms with Crippen LogP contribution in [0.3, 0.4) is 0 Å². The van der Waals surface area contributed by atoms with Crippen LogP contribution in [0.5, 0.6) is 0 Å². The zero-order chi connectivity index (χ0) is 21.5. The fourth-order valence-electron chi connectivity index (χ4n) is 5.24. The summed E-state index contributed by atoms with van der Waals surface area (Å²) >= 11 is 1.88. The zero-order valence-corrected chi connectivity index (χ0v) is 22.9. The maximum absolute atomic E-state index is 6.16. The molecule has 3 aliphatic rings. The molecule has 3 unspecified atom stereocenters. The number of hydrogen-bond donors (Lipinski definition) is 1. The van der Waals surface area contributed by atoms with E-state index in [1.165, 1.54) is 30.7 Å². The van der Waals surface area contributed by atoms with E-state index in [9.17, 15) is 0 Å². The predicted octanol–water partition coefficient (Wildman–Crippen LogP) is 4.37. The quantitative estimate of drug-likeness (QED) is 0.297. The molecule has 3 fully saturated rings. The highest BCUT2D eigenvalue weighted by molar-refractivity contribution is 14.0. The van der Waals surface area contributed by atoms with Crippen LogP contribution in [-0.4, -0.2) is 81.0 Å². The van der Waals surface area contributed by atoms with Gasteiger partial charge in [0, 0.05) is 43.7 Å². The standard InChI is InChI=1S/C24H40N4O2S.HI/c1-3-25-24(28-13-10-20(11-14-28)30-18-21-8-5-15-29-21)26-17-19-7-4-12-27(2)23(19)22-9-6-16-31-22;/h6,9,16,19-21,23H,3-5,7-8,10-15,17-18H2,1-2H3,(H,25,26);1H. The Hall–Kier alpha value is -0.420. The molecule has 1 aromatic rings. The number of likely N-dealkylation sites (tertiary alicyclic amines) is 2. The van der Waals surface area contributed by atoms with Crippen molar-refractivity contribution in [2.75, 3.05) is 53.0 Å². The maximum atomic E-state index is 6.16. The Bertz CT molecular complexity index is 676. The Labute approximate surface area is 215 Å². The van der Waals surface area contributed by atoms with E-state index in [0.717, 1.165) is 64.6 Å². The second-order valence-electron chi connectivity index (χ2n) is 9.19. The second kappa shape index (κ2) is 13.5. The van der Waals surface area contributed by atoms with Crippen molar-refractivity contribution in [1.82, 2.24) is 15.1 Å². The molecule has 3 saturated heterocycles. The third-order valence-corrected chi connectivity index (χ3v) is 7.88. The molecule has 4 heterocycles. The third kappa shape index (κ3) is 7.04. The Morgan fingerprint density at radius 3 is 2.75 bits per heavy atom. The van der Waals surface area contributed by atoms with Crippen LogP contribution in [0.15, 0.2) is 22.5 Å². The summed E-state index contributed by atoms with van der Waals surface area (Å²) in [5.41, 5.74) is 0. The van der Waals surface area contributed by atoms with Gasteiger partial charge in [-0.15, -0.1) is 35.3 Å². The highest BCUT2D eigenvalue weighted by Crippen LogP contribution is 2.37. The summed E-state index contributed by atoms with van der Waals surface area (Å²) in [6.45, 7) is 8.84. The van der Waals surface area contributed by atoms with Gasteiger partial charge in [-0.3, -0.25) is 9.89 Å². The Kier molecular flexibility index (Phi) is 11.0. The predicted molar refractivity (Wildman–Crippen MR) is 143 cm³/mol. The minimum Gasteiger partial charge on any atom is -0.376 e. The van der Waals surface area contributed by atoms with E-state index < -0.39 is 0 Å². The zero-order valence-electron chi connectivity index (χ0n) is 19.7. The summed E-state index contributed by atoms with van der Waals surface area (Å²) in [6, 6.07) is 4.97. The lowest BCUT2D eigenvalue weighted by molar-refractivity contribution is -0.0367. The number of piperidine rings is 2.